The number of imidazole rings is 1. The highest BCUT2D eigenvalue weighted by atomic mass is 16.4. The Morgan fingerprint density at radius 2 is 1.69 bits per heavy atom. The van der Waals surface area contributed by atoms with E-state index in [4.69, 9.17) is 22.9 Å². The fourth-order valence-corrected chi connectivity index (χ4v) is 3.51. The molecular weight excluding hydrogens is 512 g/mol. The number of carbonyl (C=O) groups is 5. The highest BCUT2D eigenvalue weighted by Crippen LogP contribution is 2.11. The number of nitrogens with two attached hydrogens (primary N) is 4. The molecule has 0 spiro atoms. The van der Waals surface area contributed by atoms with Gasteiger partial charge in [-0.15, -0.1) is 0 Å². The number of aromatic nitrogens is 2. The van der Waals surface area contributed by atoms with Gasteiger partial charge < -0.3 is 49.0 Å². The molecule has 0 aromatic carbocycles. The number of carbonyl (C=O) groups excluding carboxylic acids is 4. The van der Waals surface area contributed by atoms with Crippen LogP contribution in [0.4, 0.5) is 0 Å². The van der Waals surface area contributed by atoms with Crippen LogP contribution in [0, 0.1) is 5.92 Å². The van der Waals surface area contributed by atoms with Gasteiger partial charge in [0.2, 0.25) is 23.6 Å². The molecule has 0 saturated carbocycles. The van der Waals surface area contributed by atoms with Gasteiger partial charge in [-0.25, -0.2) is 9.78 Å². The first-order chi connectivity index (χ1) is 18.3. The summed E-state index contributed by atoms with van der Waals surface area (Å²) in [5.41, 5.74) is 22.1. The number of aliphatic carboxylic acids is 1. The summed E-state index contributed by atoms with van der Waals surface area (Å²) in [6.07, 6.45) is 3.51. The van der Waals surface area contributed by atoms with Crippen LogP contribution >= 0.6 is 0 Å². The van der Waals surface area contributed by atoms with E-state index < -0.39 is 53.8 Å². The molecule has 1 heterocycles. The Hall–Kier alpha value is -4.21. The second-order valence-corrected chi connectivity index (χ2v) is 9.17. The number of carboxylic acids is 1. The first-order valence-electron chi connectivity index (χ1n) is 12.6. The van der Waals surface area contributed by atoms with Gasteiger partial charge in [0.25, 0.3) is 0 Å². The van der Waals surface area contributed by atoms with Crippen LogP contribution in [0.25, 0.3) is 0 Å². The summed E-state index contributed by atoms with van der Waals surface area (Å²) in [6, 6.07) is -4.60. The number of nitrogens with zero attached hydrogens (tertiary/aromatic N) is 2. The number of primary amides is 1. The number of H-pyrrole nitrogens is 1. The lowest BCUT2D eigenvalue weighted by Gasteiger charge is -2.28. The van der Waals surface area contributed by atoms with Crippen LogP contribution in [0.5, 0.6) is 0 Å². The van der Waals surface area contributed by atoms with E-state index in [1.165, 1.54) is 12.5 Å². The summed E-state index contributed by atoms with van der Waals surface area (Å²) in [4.78, 5) is 72.3. The third-order valence-corrected chi connectivity index (χ3v) is 6.00. The van der Waals surface area contributed by atoms with Crippen molar-refractivity contribution in [3.8, 4) is 0 Å². The normalized spacial score (nSPS) is 14.6. The van der Waals surface area contributed by atoms with Crippen LogP contribution in [0.3, 0.4) is 0 Å². The van der Waals surface area contributed by atoms with Crippen LogP contribution in [-0.2, 0) is 30.4 Å². The smallest absolute Gasteiger partial charge is 0.326 e. The standard InChI is InChI=1S/C23H40N10O6/c1-3-12(2)18(33-19(35)14(24)6-7-17(25)34)21(37)31-15(5-4-8-29-23(26)27)20(36)32-16(22(38)39)9-13-10-28-11-30-13/h10-12,14-16,18H,3-9,24H2,1-2H3,(H2,25,34)(H,28,30)(H,31,37)(H,32,36)(H,33,35)(H,38,39)(H4,26,27,29). The van der Waals surface area contributed by atoms with Gasteiger partial charge in [-0.05, 0) is 25.2 Å². The number of rotatable bonds is 18. The number of guanidine groups is 1. The molecule has 1 aromatic rings. The molecule has 0 aliphatic heterocycles. The van der Waals surface area contributed by atoms with Crippen molar-refractivity contribution in [3.63, 3.8) is 0 Å². The van der Waals surface area contributed by atoms with Gasteiger partial charge in [0.05, 0.1) is 12.4 Å². The Labute approximate surface area is 226 Å². The molecule has 5 atom stereocenters. The van der Waals surface area contributed by atoms with Gasteiger partial charge in [0, 0.05) is 31.3 Å². The molecule has 0 radical (unpaired) electrons. The molecule has 218 valence electrons. The van der Waals surface area contributed by atoms with Gasteiger partial charge in [-0.2, -0.15) is 0 Å². The van der Waals surface area contributed by atoms with Crippen LogP contribution < -0.4 is 38.9 Å². The van der Waals surface area contributed by atoms with E-state index >= 15 is 0 Å². The van der Waals surface area contributed by atoms with E-state index in [2.05, 4.69) is 30.9 Å². The van der Waals surface area contributed by atoms with E-state index in [-0.39, 0.29) is 50.5 Å². The van der Waals surface area contributed by atoms with Crippen molar-refractivity contribution in [3.05, 3.63) is 18.2 Å². The topological polar surface area (TPSA) is 287 Å². The minimum absolute atomic E-state index is 0.00125. The largest absolute Gasteiger partial charge is 0.480 e. The minimum Gasteiger partial charge on any atom is -0.480 e. The summed E-state index contributed by atoms with van der Waals surface area (Å²) < 4.78 is 0. The van der Waals surface area contributed by atoms with Crippen molar-refractivity contribution in [2.75, 3.05) is 6.54 Å². The Morgan fingerprint density at radius 3 is 2.23 bits per heavy atom. The molecule has 16 nitrogen and oxygen atoms in total. The summed E-state index contributed by atoms with van der Waals surface area (Å²) >= 11 is 0. The van der Waals surface area contributed by atoms with Crippen molar-refractivity contribution in [1.82, 2.24) is 25.9 Å². The van der Waals surface area contributed by atoms with E-state index in [9.17, 15) is 29.1 Å². The lowest BCUT2D eigenvalue weighted by molar-refractivity contribution is -0.142. The monoisotopic (exact) mass is 552 g/mol. The molecule has 0 fully saturated rings. The van der Waals surface area contributed by atoms with E-state index in [0.29, 0.717) is 12.1 Å². The molecule has 39 heavy (non-hydrogen) atoms. The van der Waals surface area contributed by atoms with E-state index in [1.54, 1.807) is 6.92 Å². The lowest BCUT2D eigenvalue weighted by Crippen LogP contribution is -2.58. The Bertz CT molecular complexity index is 996. The molecule has 0 aliphatic carbocycles. The Kier molecular flexibility index (Phi) is 14.0. The molecule has 16 heteroatoms. The third kappa shape index (κ3) is 12.3. The molecular formula is C23H40N10O6. The minimum atomic E-state index is -1.30. The van der Waals surface area contributed by atoms with Crippen molar-refractivity contribution >= 4 is 35.6 Å². The van der Waals surface area contributed by atoms with E-state index in [0.717, 1.165) is 0 Å². The van der Waals surface area contributed by atoms with Gasteiger partial charge in [0.15, 0.2) is 5.96 Å². The number of aromatic amines is 1. The second kappa shape index (κ2) is 16.6. The molecule has 1 rings (SSSR count). The third-order valence-electron chi connectivity index (χ3n) is 6.00. The zero-order valence-electron chi connectivity index (χ0n) is 22.2. The number of amides is 4. The highest BCUT2D eigenvalue weighted by molar-refractivity contribution is 5.94. The van der Waals surface area contributed by atoms with Crippen LogP contribution in [0.15, 0.2) is 17.5 Å². The number of aliphatic imine (C=N–C) groups is 1. The number of carboxylic acid groups (broad SMARTS) is 1. The zero-order valence-corrected chi connectivity index (χ0v) is 22.2. The number of nitrogens with one attached hydrogen (secondary N) is 4. The Balaban J connectivity index is 3.05. The van der Waals surface area contributed by atoms with E-state index in [1.807, 2.05) is 6.92 Å². The highest BCUT2D eigenvalue weighted by Gasteiger charge is 2.32. The number of hydrogen-bond donors (Lipinski definition) is 9. The molecule has 5 unspecified atom stereocenters. The second-order valence-electron chi connectivity index (χ2n) is 9.17. The van der Waals surface area contributed by atoms with Crippen molar-refractivity contribution in [1.29, 1.82) is 0 Å². The SMILES string of the molecule is CCC(C)C(NC(=O)C(N)CCC(N)=O)C(=O)NC(CCCN=C(N)N)C(=O)NC(Cc1cnc[nH]1)C(=O)O. The maximum Gasteiger partial charge on any atom is 0.326 e. The average Bonchev–Trinajstić information content (AvgIpc) is 3.39. The fraction of sp³-hybridized carbons (Fsp3) is 0.609. The maximum atomic E-state index is 13.3. The summed E-state index contributed by atoms with van der Waals surface area (Å²) in [7, 11) is 0. The van der Waals surface area contributed by atoms with Crippen molar-refractivity contribution < 1.29 is 29.1 Å². The van der Waals surface area contributed by atoms with Crippen LogP contribution in [0.2, 0.25) is 0 Å². The lowest BCUT2D eigenvalue weighted by atomic mass is 9.96. The quantitative estimate of drug-likeness (QED) is 0.0511. The van der Waals surface area contributed by atoms with Gasteiger partial charge in [-0.3, -0.25) is 24.2 Å². The van der Waals surface area contributed by atoms with Gasteiger partial charge in [-0.1, -0.05) is 20.3 Å². The summed E-state index contributed by atoms with van der Waals surface area (Å²) in [5.74, 6) is -4.45. The van der Waals surface area contributed by atoms with Crippen LogP contribution in [-0.4, -0.2) is 81.3 Å². The first kappa shape index (κ1) is 32.8. The van der Waals surface area contributed by atoms with Gasteiger partial charge >= 0.3 is 5.97 Å². The summed E-state index contributed by atoms with van der Waals surface area (Å²) in [6.45, 7) is 3.72. The molecule has 0 aliphatic rings. The first-order valence-corrected chi connectivity index (χ1v) is 12.6. The Morgan fingerprint density at radius 1 is 1.03 bits per heavy atom. The average molecular weight is 553 g/mol. The van der Waals surface area contributed by atoms with Crippen molar-refractivity contribution in [2.24, 2.45) is 33.8 Å². The molecule has 13 N–H and O–H groups in total. The predicted molar refractivity (Wildman–Crippen MR) is 141 cm³/mol. The molecule has 4 amide bonds. The predicted octanol–water partition coefficient (Wildman–Crippen LogP) is -2.82. The maximum absolute atomic E-state index is 13.3. The number of hydrogen-bond acceptors (Lipinski definition) is 8. The summed E-state index contributed by atoms with van der Waals surface area (Å²) in [5, 5.41) is 17.3. The van der Waals surface area contributed by atoms with Crippen LogP contribution in [0.1, 0.15) is 51.6 Å². The molecule has 0 saturated heterocycles. The zero-order chi connectivity index (χ0) is 29.5. The molecule has 0 bridgehead atoms. The molecule has 1 aromatic heterocycles. The fourth-order valence-electron chi connectivity index (χ4n) is 3.51. The van der Waals surface area contributed by atoms with Gasteiger partial charge in [0.1, 0.15) is 18.1 Å². The van der Waals surface area contributed by atoms with Crippen molar-refractivity contribution in [2.45, 2.75) is 76.5 Å².